The Morgan fingerprint density at radius 2 is 2.55 bits per heavy atom. The lowest BCUT2D eigenvalue weighted by Crippen LogP contribution is -2.09. The van der Waals surface area contributed by atoms with E-state index in [9.17, 15) is 4.79 Å². The number of hydrogen-bond acceptors (Lipinski definition) is 3. The molecule has 0 N–H and O–H groups in total. The first-order valence-electron chi connectivity index (χ1n) is 3.44. The second-order valence-corrected chi connectivity index (χ2v) is 3.52. The van der Waals surface area contributed by atoms with Crippen molar-refractivity contribution >= 4 is 28.6 Å². The molecule has 1 rings (SSSR count). The fraction of sp³-hybridized carbons (Fsp3) is 0.571. The van der Waals surface area contributed by atoms with Crippen molar-refractivity contribution in [3.8, 4) is 0 Å². The third kappa shape index (κ3) is 2.14. The first-order valence-corrected chi connectivity index (χ1v) is 4.80. The summed E-state index contributed by atoms with van der Waals surface area (Å²) < 4.78 is 5.25. The summed E-state index contributed by atoms with van der Waals surface area (Å²) in [5, 5.41) is -0.397. The third-order valence-electron chi connectivity index (χ3n) is 1.36. The van der Waals surface area contributed by atoms with Crippen LogP contribution in [0.3, 0.4) is 0 Å². The van der Waals surface area contributed by atoms with Crippen LogP contribution in [0.2, 0.25) is 0 Å². The quantitative estimate of drug-likeness (QED) is 0.628. The van der Waals surface area contributed by atoms with E-state index >= 15 is 0 Å². The molecule has 0 unspecified atom stereocenters. The standard InChI is InChI=1S/C7H9ClO2S/c1-2-5-6(7(8)9)11-4-3-10-5/h2-4H2,1H3. The van der Waals surface area contributed by atoms with E-state index in [0.717, 1.165) is 17.9 Å². The molecule has 0 saturated heterocycles. The molecule has 4 heteroatoms. The van der Waals surface area contributed by atoms with Crippen molar-refractivity contribution in [3.63, 3.8) is 0 Å². The first-order chi connectivity index (χ1) is 5.25. The highest BCUT2D eigenvalue weighted by molar-refractivity contribution is 8.04. The number of carbonyl (C=O) groups is 1. The number of carbonyl (C=O) groups excluding carboxylic acids is 1. The highest BCUT2D eigenvalue weighted by atomic mass is 35.5. The van der Waals surface area contributed by atoms with Crippen molar-refractivity contribution in [3.05, 3.63) is 10.7 Å². The first kappa shape index (κ1) is 8.94. The second-order valence-electron chi connectivity index (χ2n) is 2.08. The molecule has 0 radical (unpaired) electrons. The molecule has 0 fully saturated rings. The molecule has 11 heavy (non-hydrogen) atoms. The van der Waals surface area contributed by atoms with E-state index in [1.54, 1.807) is 0 Å². The number of halogens is 1. The van der Waals surface area contributed by atoms with E-state index in [1.165, 1.54) is 11.8 Å². The lowest BCUT2D eigenvalue weighted by Gasteiger charge is -2.17. The average Bonchev–Trinajstić information content (AvgIpc) is 2.04. The van der Waals surface area contributed by atoms with Gasteiger partial charge in [-0.1, -0.05) is 6.92 Å². The average molecular weight is 193 g/mol. The zero-order chi connectivity index (χ0) is 8.27. The van der Waals surface area contributed by atoms with Gasteiger partial charge in [0.15, 0.2) is 0 Å². The minimum Gasteiger partial charge on any atom is -0.496 e. The van der Waals surface area contributed by atoms with Gasteiger partial charge in [-0.15, -0.1) is 11.8 Å². The molecule has 62 valence electrons. The van der Waals surface area contributed by atoms with E-state index in [0.29, 0.717) is 11.5 Å². The van der Waals surface area contributed by atoms with E-state index < -0.39 is 5.24 Å². The van der Waals surface area contributed by atoms with Crippen molar-refractivity contribution in [2.45, 2.75) is 13.3 Å². The molecule has 0 amide bonds. The van der Waals surface area contributed by atoms with Gasteiger partial charge in [0.05, 0.1) is 6.61 Å². The van der Waals surface area contributed by atoms with Gasteiger partial charge >= 0.3 is 0 Å². The van der Waals surface area contributed by atoms with Crippen LogP contribution < -0.4 is 0 Å². The normalized spacial score (nSPS) is 18.0. The van der Waals surface area contributed by atoms with Crippen LogP contribution in [0.5, 0.6) is 0 Å². The van der Waals surface area contributed by atoms with Gasteiger partial charge in [0.1, 0.15) is 10.7 Å². The Labute approximate surface area is 74.9 Å². The molecule has 1 aliphatic rings. The fourth-order valence-corrected chi connectivity index (χ4v) is 2.00. The molecular formula is C7H9ClO2S. The number of rotatable bonds is 2. The summed E-state index contributed by atoms with van der Waals surface area (Å²) >= 11 is 6.81. The molecule has 0 saturated carbocycles. The van der Waals surface area contributed by atoms with Gasteiger partial charge in [-0.2, -0.15) is 0 Å². The van der Waals surface area contributed by atoms with Gasteiger partial charge < -0.3 is 4.74 Å². The smallest absolute Gasteiger partial charge is 0.262 e. The van der Waals surface area contributed by atoms with Gasteiger partial charge in [-0.05, 0) is 11.6 Å². The fourth-order valence-electron chi connectivity index (χ4n) is 0.884. The van der Waals surface area contributed by atoms with Crippen molar-refractivity contribution < 1.29 is 9.53 Å². The zero-order valence-corrected chi connectivity index (χ0v) is 7.80. The van der Waals surface area contributed by atoms with Crippen LogP contribution in [0.1, 0.15) is 13.3 Å². The molecule has 1 heterocycles. The number of thioether (sulfide) groups is 1. The minimum atomic E-state index is -0.397. The molecule has 0 aromatic carbocycles. The number of hydrogen-bond donors (Lipinski definition) is 0. The summed E-state index contributed by atoms with van der Waals surface area (Å²) in [7, 11) is 0. The van der Waals surface area contributed by atoms with E-state index in [1.807, 2.05) is 6.92 Å². The Morgan fingerprint density at radius 1 is 1.82 bits per heavy atom. The zero-order valence-electron chi connectivity index (χ0n) is 6.22. The summed E-state index contributed by atoms with van der Waals surface area (Å²) in [6.07, 6.45) is 0.737. The highest BCUT2D eigenvalue weighted by Crippen LogP contribution is 2.28. The molecule has 0 atom stereocenters. The Hall–Kier alpha value is -0.150. The van der Waals surface area contributed by atoms with E-state index in [-0.39, 0.29) is 0 Å². The van der Waals surface area contributed by atoms with Crippen LogP contribution in [-0.2, 0) is 9.53 Å². The molecule has 2 nitrogen and oxygen atoms in total. The topological polar surface area (TPSA) is 26.3 Å². The third-order valence-corrected chi connectivity index (χ3v) is 2.73. The summed E-state index contributed by atoms with van der Waals surface area (Å²) in [4.78, 5) is 11.4. The van der Waals surface area contributed by atoms with E-state index in [4.69, 9.17) is 16.3 Å². The van der Waals surface area contributed by atoms with Crippen molar-refractivity contribution in [1.29, 1.82) is 0 Å². The Balaban J connectivity index is 2.81. The monoisotopic (exact) mass is 192 g/mol. The van der Waals surface area contributed by atoms with Crippen LogP contribution >= 0.6 is 23.4 Å². The molecular weight excluding hydrogens is 184 g/mol. The van der Waals surface area contributed by atoms with Gasteiger partial charge in [0.25, 0.3) is 5.24 Å². The maximum Gasteiger partial charge on any atom is 0.262 e. The molecule has 1 aliphatic heterocycles. The molecule has 0 aromatic rings. The van der Waals surface area contributed by atoms with Crippen LogP contribution in [0.15, 0.2) is 10.7 Å². The number of allylic oxidation sites excluding steroid dienone is 2. The lowest BCUT2D eigenvalue weighted by atomic mass is 10.3. The SMILES string of the molecule is CCC1=C(C(=O)Cl)SCCO1. The summed E-state index contributed by atoms with van der Waals surface area (Å²) in [5.74, 6) is 1.55. The molecule has 0 bridgehead atoms. The van der Waals surface area contributed by atoms with Gasteiger partial charge in [0, 0.05) is 12.2 Å². The summed E-state index contributed by atoms with van der Waals surface area (Å²) in [5.41, 5.74) is 0. The van der Waals surface area contributed by atoms with Crippen LogP contribution in [-0.4, -0.2) is 17.6 Å². The maximum absolute atomic E-state index is 10.8. The Bertz CT molecular complexity index is 201. The summed E-state index contributed by atoms with van der Waals surface area (Å²) in [6, 6.07) is 0. The van der Waals surface area contributed by atoms with Crippen LogP contribution in [0.4, 0.5) is 0 Å². The highest BCUT2D eigenvalue weighted by Gasteiger charge is 2.17. The van der Waals surface area contributed by atoms with Crippen molar-refractivity contribution in [1.82, 2.24) is 0 Å². The predicted molar refractivity (Wildman–Crippen MR) is 46.6 cm³/mol. The predicted octanol–water partition coefficient (Wildman–Crippen LogP) is 2.14. The van der Waals surface area contributed by atoms with Crippen LogP contribution in [0, 0.1) is 0 Å². The van der Waals surface area contributed by atoms with E-state index in [2.05, 4.69) is 0 Å². The Morgan fingerprint density at radius 3 is 3.00 bits per heavy atom. The summed E-state index contributed by atoms with van der Waals surface area (Å²) in [6.45, 7) is 2.63. The molecule has 0 spiro atoms. The van der Waals surface area contributed by atoms with Gasteiger partial charge in [-0.25, -0.2) is 0 Å². The van der Waals surface area contributed by atoms with Crippen molar-refractivity contribution in [2.24, 2.45) is 0 Å². The van der Waals surface area contributed by atoms with Crippen LogP contribution in [0.25, 0.3) is 0 Å². The second kappa shape index (κ2) is 4.02. The largest absolute Gasteiger partial charge is 0.496 e. The molecule has 0 aromatic heterocycles. The van der Waals surface area contributed by atoms with Crippen molar-refractivity contribution in [2.75, 3.05) is 12.4 Å². The molecule has 0 aliphatic carbocycles. The number of ether oxygens (including phenoxy) is 1. The minimum absolute atomic E-state index is 0.397. The van der Waals surface area contributed by atoms with Gasteiger partial charge in [0.2, 0.25) is 0 Å². The lowest BCUT2D eigenvalue weighted by molar-refractivity contribution is -0.108. The van der Waals surface area contributed by atoms with Gasteiger partial charge in [-0.3, -0.25) is 4.79 Å². The maximum atomic E-state index is 10.8. The Kier molecular flexibility index (Phi) is 3.27.